The van der Waals surface area contributed by atoms with E-state index in [4.69, 9.17) is 34.8 Å². The van der Waals surface area contributed by atoms with Crippen LogP contribution in [0.1, 0.15) is 79.9 Å². The molecule has 190 valence electrons. The highest BCUT2D eigenvalue weighted by molar-refractivity contribution is 6.45. The lowest BCUT2D eigenvalue weighted by Crippen LogP contribution is -2.46. The van der Waals surface area contributed by atoms with Crippen molar-refractivity contribution in [2.75, 3.05) is 13.6 Å². The minimum atomic E-state index is -0.391. The van der Waals surface area contributed by atoms with Crippen molar-refractivity contribution in [3.63, 3.8) is 0 Å². The molecule has 8 heteroatoms. The molecule has 2 aromatic rings. The molecule has 1 fully saturated rings. The van der Waals surface area contributed by atoms with Crippen LogP contribution in [0.5, 0.6) is 0 Å². The molecule has 0 bridgehead atoms. The summed E-state index contributed by atoms with van der Waals surface area (Å²) in [6.45, 7) is 9.82. The van der Waals surface area contributed by atoms with Crippen LogP contribution >= 0.6 is 34.8 Å². The van der Waals surface area contributed by atoms with Crippen LogP contribution in [0.25, 0.3) is 0 Å². The summed E-state index contributed by atoms with van der Waals surface area (Å²) >= 11 is 20.4. The molecule has 0 aromatic heterocycles. The van der Waals surface area contributed by atoms with Gasteiger partial charge in [-0.05, 0) is 53.3 Å². The Kier molecular flexibility index (Phi) is 8.91. The Balaban J connectivity index is 1.99. The first kappa shape index (κ1) is 27.9. The molecule has 1 aliphatic carbocycles. The third-order valence-corrected chi connectivity index (χ3v) is 8.90. The van der Waals surface area contributed by atoms with Gasteiger partial charge in [0.15, 0.2) is 6.29 Å². The molecule has 35 heavy (non-hydrogen) atoms. The van der Waals surface area contributed by atoms with E-state index in [-0.39, 0.29) is 17.5 Å². The summed E-state index contributed by atoms with van der Waals surface area (Å²) in [5, 5.41) is 12.2. The van der Waals surface area contributed by atoms with Gasteiger partial charge >= 0.3 is 0 Å². The molecule has 0 radical (unpaired) electrons. The summed E-state index contributed by atoms with van der Waals surface area (Å²) in [5.41, 5.74) is 2.61. The van der Waals surface area contributed by atoms with E-state index in [0.717, 1.165) is 43.2 Å². The van der Waals surface area contributed by atoms with Gasteiger partial charge in [-0.25, -0.2) is 0 Å². The van der Waals surface area contributed by atoms with Gasteiger partial charge in [-0.15, -0.1) is 0 Å². The fourth-order valence-electron chi connectivity index (χ4n) is 5.81. The second-order valence-electron chi connectivity index (χ2n) is 10.4. The largest absolute Gasteiger partial charge is 0.302 e. The van der Waals surface area contributed by atoms with Crippen LogP contribution in [-0.2, 0) is 12.0 Å². The number of carbonyl (C=O) groups is 1. The third kappa shape index (κ3) is 5.53. The SMILES string of the molecule is CC(C)c1c(Cl)c(Cl)c(C2(C)CCCC(C)C2CN(C)Cc2ccc([N+](=O)[O-])cc2)c(C=O)c1Cl. The lowest BCUT2D eigenvalue weighted by molar-refractivity contribution is -0.384. The van der Waals surface area contributed by atoms with Gasteiger partial charge in [0.1, 0.15) is 0 Å². The van der Waals surface area contributed by atoms with Gasteiger partial charge in [0.25, 0.3) is 5.69 Å². The summed E-state index contributed by atoms with van der Waals surface area (Å²) in [4.78, 5) is 25.2. The highest BCUT2D eigenvalue weighted by atomic mass is 35.5. The van der Waals surface area contributed by atoms with Crippen LogP contribution in [0.3, 0.4) is 0 Å². The van der Waals surface area contributed by atoms with Gasteiger partial charge in [-0.2, -0.15) is 0 Å². The van der Waals surface area contributed by atoms with Gasteiger partial charge < -0.3 is 4.90 Å². The van der Waals surface area contributed by atoms with Crippen molar-refractivity contribution in [1.29, 1.82) is 0 Å². The molecule has 0 aliphatic heterocycles. The van der Waals surface area contributed by atoms with Gasteiger partial charge in [-0.3, -0.25) is 14.9 Å². The molecule has 5 nitrogen and oxygen atoms in total. The molecule has 3 atom stereocenters. The number of halogens is 3. The van der Waals surface area contributed by atoms with Crippen molar-refractivity contribution in [3.05, 3.63) is 71.7 Å². The maximum atomic E-state index is 12.4. The molecule has 0 heterocycles. The minimum Gasteiger partial charge on any atom is -0.302 e. The Morgan fingerprint density at radius 2 is 1.80 bits per heavy atom. The van der Waals surface area contributed by atoms with Crippen LogP contribution < -0.4 is 0 Å². The summed E-state index contributed by atoms with van der Waals surface area (Å²) in [6, 6.07) is 6.66. The van der Waals surface area contributed by atoms with Gasteiger partial charge in [0, 0.05) is 30.8 Å². The Bertz CT molecular complexity index is 1100. The maximum absolute atomic E-state index is 12.4. The predicted octanol–water partition coefficient (Wildman–Crippen LogP) is 8.32. The molecule has 1 saturated carbocycles. The van der Waals surface area contributed by atoms with Gasteiger partial charge in [0.05, 0.1) is 20.0 Å². The quantitative estimate of drug-likeness (QED) is 0.146. The Labute approximate surface area is 222 Å². The summed E-state index contributed by atoms with van der Waals surface area (Å²) in [6.07, 6.45) is 3.82. The van der Waals surface area contributed by atoms with E-state index in [1.807, 2.05) is 20.9 Å². The number of nitro groups is 1. The Morgan fingerprint density at radius 1 is 1.17 bits per heavy atom. The molecule has 3 rings (SSSR count). The lowest BCUT2D eigenvalue weighted by Gasteiger charge is -2.48. The first-order valence-corrected chi connectivity index (χ1v) is 13.1. The molecular formula is C27H33Cl3N2O3. The minimum absolute atomic E-state index is 0.0296. The van der Waals surface area contributed by atoms with Crippen molar-refractivity contribution in [1.82, 2.24) is 4.90 Å². The van der Waals surface area contributed by atoms with E-state index < -0.39 is 10.3 Å². The van der Waals surface area contributed by atoms with Crippen molar-refractivity contribution in [2.24, 2.45) is 11.8 Å². The van der Waals surface area contributed by atoms with E-state index in [0.29, 0.717) is 38.7 Å². The molecule has 0 spiro atoms. The summed E-state index contributed by atoms with van der Waals surface area (Å²) in [7, 11) is 2.05. The van der Waals surface area contributed by atoms with Crippen molar-refractivity contribution in [2.45, 2.75) is 64.8 Å². The second-order valence-corrected chi connectivity index (χ2v) is 11.6. The molecule has 2 aromatic carbocycles. The molecule has 0 saturated heterocycles. The van der Waals surface area contributed by atoms with E-state index in [1.54, 1.807) is 12.1 Å². The number of hydrogen-bond donors (Lipinski definition) is 0. The average molecular weight is 540 g/mol. The average Bonchev–Trinajstić information content (AvgIpc) is 2.78. The Morgan fingerprint density at radius 3 is 2.34 bits per heavy atom. The fourth-order valence-corrected chi connectivity index (χ4v) is 7.13. The number of benzene rings is 2. The normalized spacial score (nSPS) is 22.6. The summed E-state index contributed by atoms with van der Waals surface area (Å²) < 4.78 is 0. The standard InChI is InChI=1S/C27H33Cl3N2O3/c1-16(2)22-24(28)20(15-33)23(26(30)25(22)29)27(4)12-6-7-17(3)21(27)14-31(5)13-18-8-10-19(11-9-18)32(34)35/h8-11,15-17,21H,6-7,12-14H2,1-5H3. The molecule has 3 unspecified atom stereocenters. The number of hydrogen-bond acceptors (Lipinski definition) is 4. The predicted molar refractivity (Wildman–Crippen MR) is 144 cm³/mol. The molecule has 0 amide bonds. The van der Waals surface area contributed by atoms with E-state index in [9.17, 15) is 14.9 Å². The smallest absolute Gasteiger partial charge is 0.269 e. The molecule has 0 N–H and O–H groups in total. The number of nitro benzene ring substituents is 1. The zero-order valence-corrected chi connectivity index (χ0v) is 23.2. The highest BCUT2D eigenvalue weighted by Crippen LogP contribution is 2.53. The van der Waals surface area contributed by atoms with Gasteiger partial charge in [0.2, 0.25) is 0 Å². The maximum Gasteiger partial charge on any atom is 0.269 e. The molecule has 1 aliphatic rings. The number of non-ortho nitro benzene ring substituents is 1. The fraction of sp³-hybridized carbons (Fsp3) is 0.519. The van der Waals surface area contributed by atoms with Crippen LogP contribution in [-0.4, -0.2) is 29.7 Å². The van der Waals surface area contributed by atoms with Crippen LogP contribution in [0.15, 0.2) is 24.3 Å². The first-order chi connectivity index (χ1) is 16.4. The monoisotopic (exact) mass is 538 g/mol. The highest BCUT2D eigenvalue weighted by Gasteiger charge is 2.45. The van der Waals surface area contributed by atoms with Crippen molar-refractivity contribution >= 4 is 46.8 Å². The van der Waals surface area contributed by atoms with Gasteiger partial charge in [-0.1, -0.05) is 87.5 Å². The van der Waals surface area contributed by atoms with Crippen LogP contribution in [0, 0.1) is 22.0 Å². The lowest BCUT2D eigenvalue weighted by atomic mass is 9.59. The zero-order valence-electron chi connectivity index (χ0n) is 20.9. The topological polar surface area (TPSA) is 63.4 Å². The number of carbonyl (C=O) groups excluding carboxylic acids is 1. The van der Waals surface area contributed by atoms with E-state index in [1.165, 1.54) is 12.1 Å². The Hall–Kier alpha value is -1.66. The van der Waals surface area contributed by atoms with Crippen LogP contribution in [0.2, 0.25) is 15.1 Å². The van der Waals surface area contributed by atoms with Crippen molar-refractivity contribution < 1.29 is 9.72 Å². The second kappa shape index (κ2) is 11.2. The van der Waals surface area contributed by atoms with Crippen molar-refractivity contribution in [3.8, 4) is 0 Å². The number of nitrogens with zero attached hydrogens (tertiary/aromatic N) is 2. The summed E-state index contributed by atoms with van der Waals surface area (Å²) in [5.74, 6) is 0.625. The van der Waals surface area contributed by atoms with E-state index >= 15 is 0 Å². The zero-order chi connectivity index (χ0) is 26.1. The van der Waals surface area contributed by atoms with E-state index in [2.05, 4.69) is 18.7 Å². The van der Waals surface area contributed by atoms with Crippen LogP contribution in [0.4, 0.5) is 5.69 Å². The third-order valence-electron chi connectivity index (χ3n) is 7.63. The first-order valence-electron chi connectivity index (χ1n) is 12.0. The number of aldehydes is 1. The number of rotatable bonds is 8. The molecular weight excluding hydrogens is 507 g/mol.